The summed E-state index contributed by atoms with van der Waals surface area (Å²) in [6.07, 6.45) is -2.07. The maximum atomic E-state index is 12.5. The molecule has 1 rings (SSSR count). The molecule has 0 spiro atoms. The first-order chi connectivity index (χ1) is 5.54. The Morgan fingerprint density at radius 3 is 2.33 bits per heavy atom. The molecule has 1 aromatic heterocycles. The Balaban J connectivity index is 3.33. The van der Waals surface area contributed by atoms with Crippen LogP contribution in [0.15, 0.2) is 6.20 Å². The van der Waals surface area contributed by atoms with E-state index in [0.717, 1.165) is 6.20 Å². The minimum Gasteiger partial charge on any atom is -0.397 e. The molecule has 0 saturated heterocycles. The average Bonchev–Trinajstić information content (AvgIpc) is 1.97. The maximum absolute atomic E-state index is 12.5. The van der Waals surface area contributed by atoms with Crippen LogP contribution in [0.5, 0.6) is 0 Å². The van der Waals surface area contributed by atoms with Gasteiger partial charge in [-0.1, -0.05) is 0 Å². The average molecular weight is 177 g/mol. The van der Waals surface area contributed by atoms with Crippen LogP contribution in [0.25, 0.3) is 0 Å². The number of nitrogens with two attached hydrogens (primary N) is 2. The zero-order chi connectivity index (χ0) is 9.30. The van der Waals surface area contributed by atoms with Gasteiger partial charge in [0.25, 0.3) is 6.43 Å². The van der Waals surface area contributed by atoms with Crippen LogP contribution >= 0.6 is 0 Å². The van der Waals surface area contributed by atoms with E-state index >= 15 is 0 Å². The summed E-state index contributed by atoms with van der Waals surface area (Å²) >= 11 is 0. The van der Waals surface area contributed by atoms with Crippen molar-refractivity contribution in [2.45, 2.75) is 6.43 Å². The number of halogens is 3. The number of anilines is 2. The Morgan fingerprint density at radius 1 is 1.33 bits per heavy atom. The van der Waals surface area contributed by atoms with E-state index in [1.807, 2.05) is 0 Å². The smallest absolute Gasteiger partial charge is 0.268 e. The fourth-order valence-corrected chi connectivity index (χ4v) is 0.775. The highest BCUT2D eigenvalue weighted by atomic mass is 19.3. The van der Waals surface area contributed by atoms with Crippen LogP contribution in [-0.2, 0) is 0 Å². The largest absolute Gasteiger partial charge is 0.397 e. The summed E-state index contributed by atoms with van der Waals surface area (Å²) in [6, 6.07) is 0. The molecular formula is C6H6F3N3. The molecule has 0 fully saturated rings. The predicted molar refractivity (Wildman–Crippen MR) is 38.0 cm³/mol. The van der Waals surface area contributed by atoms with E-state index in [9.17, 15) is 13.2 Å². The van der Waals surface area contributed by atoms with E-state index in [4.69, 9.17) is 11.5 Å². The van der Waals surface area contributed by atoms with Crippen molar-refractivity contribution in [3.63, 3.8) is 0 Å². The van der Waals surface area contributed by atoms with Gasteiger partial charge in [-0.2, -0.15) is 4.39 Å². The van der Waals surface area contributed by atoms with Crippen LogP contribution < -0.4 is 11.5 Å². The van der Waals surface area contributed by atoms with Crippen molar-refractivity contribution in [3.05, 3.63) is 17.7 Å². The number of nitrogens with zero attached hydrogens (tertiary/aromatic N) is 1. The lowest BCUT2D eigenvalue weighted by atomic mass is 10.2. The van der Waals surface area contributed by atoms with Crippen molar-refractivity contribution in [3.8, 4) is 0 Å². The molecule has 0 unspecified atom stereocenters. The summed E-state index contributed by atoms with van der Waals surface area (Å²) in [5.74, 6) is -1.13. The number of rotatable bonds is 1. The van der Waals surface area contributed by atoms with Gasteiger partial charge in [0, 0.05) is 0 Å². The Morgan fingerprint density at radius 2 is 1.92 bits per heavy atom. The summed E-state index contributed by atoms with van der Waals surface area (Å²) in [4.78, 5) is 3.07. The summed E-state index contributed by atoms with van der Waals surface area (Å²) in [5.41, 5.74) is 8.41. The third-order valence-electron chi connectivity index (χ3n) is 1.36. The number of pyridine rings is 1. The molecule has 0 bridgehead atoms. The zero-order valence-corrected chi connectivity index (χ0v) is 5.89. The van der Waals surface area contributed by atoms with Gasteiger partial charge < -0.3 is 11.5 Å². The molecule has 3 nitrogen and oxygen atoms in total. The van der Waals surface area contributed by atoms with Crippen molar-refractivity contribution in [1.29, 1.82) is 0 Å². The molecule has 0 radical (unpaired) electrons. The first-order valence-corrected chi connectivity index (χ1v) is 3.01. The van der Waals surface area contributed by atoms with E-state index in [1.54, 1.807) is 0 Å². The first kappa shape index (κ1) is 8.63. The van der Waals surface area contributed by atoms with E-state index in [2.05, 4.69) is 4.98 Å². The van der Waals surface area contributed by atoms with Gasteiger partial charge in [0.2, 0.25) is 5.95 Å². The van der Waals surface area contributed by atoms with Gasteiger partial charge in [0.05, 0.1) is 23.1 Å². The molecule has 4 N–H and O–H groups in total. The molecule has 0 aliphatic rings. The van der Waals surface area contributed by atoms with Gasteiger partial charge in [-0.25, -0.2) is 13.8 Å². The predicted octanol–water partition coefficient (Wildman–Crippen LogP) is 1.32. The third kappa shape index (κ3) is 1.27. The molecule has 66 valence electrons. The standard InChI is InChI=1S/C6H6F3N3/c7-5(8)3-2(10)1-12-6(9)4(3)11/h1,5H,10-11H2. The van der Waals surface area contributed by atoms with Crippen molar-refractivity contribution in [2.24, 2.45) is 0 Å². The highest BCUT2D eigenvalue weighted by molar-refractivity contribution is 5.60. The van der Waals surface area contributed by atoms with Crippen molar-refractivity contribution < 1.29 is 13.2 Å². The summed E-state index contributed by atoms with van der Waals surface area (Å²) in [7, 11) is 0. The van der Waals surface area contributed by atoms with Crippen LogP contribution in [0.1, 0.15) is 12.0 Å². The Labute approximate surface area is 66.2 Å². The fourth-order valence-electron chi connectivity index (χ4n) is 0.775. The fraction of sp³-hybridized carbons (Fsp3) is 0.167. The molecular weight excluding hydrogens is 171 g/mol. The lowest BCUT2D eigenvalue weighted by Crippen LogP contribution is -2.05. The van der Waals surface area contributed by atoms with Crippen LogP contribution in [0.2, 0.25) is 0 Å². The molecule has 0 saturated carbocycles. The molecule has 0 aliphatic carbocycles. The SMILES string of the molecule is Nc1cnc(F)c(N)c1C(F)F. The molecule has 6 heteroatoms. The molecule has 12 heavy (non-hydrogen) atoms. The van der Waals surface area contributed by atoms with E-state index < -0.39 is 23.6 Å². The monoisotopic (exact) mass is 177 g/mol. The Kier molecular flexibility index (Phi) is 2.07. The number of aromatic nitrogens is 1. The number of hydrogen-bond donors (Lipinski definition) is 2. The second-order valence-electron chi connectivity index (χ2n) is 2.13. The molecule has 0 aliphatic heterocycles. The summed E-state index contributed by atoms with van der Waals surface area (Å²) in [5, 5.41) is 0. The quantitative estimate of drug-likeness (QED) is 0.636. The zero-order valence-electron chi connectivity index (χ0n) is 5.89. The molecule has 0 amide bonds. The Hall–Kier alpha value is -1.46. The molecule has 0 aromatic carbocycles. The van der Waals surface area contributed by atoms with Gasteiger partial charge in [-0.05, 0) is 0 Å². The van der Waals surface area contributed by atoms with Crippen LogP contribution in [-0.4, -0.2) is 4.98 Å². The molecule has 1 heterocycles. The van der Waals surface area contributed by atoms with Crippen LogP contribution in [0.3, 0.4) is 0 Å². The van der Waals surface area contributed by atoms with Crippen molar-refractivity contribution in [1.82, 2.24) is 4.98 Å². The van der Waals surface area contributed by atoms with E-state index in [-0.39, 0.29) is 5.69 Å². The summed E-state index contributed by atoms with van der Waals surface area (Å²) in [6.45, 7) is 0. The van der Waals surface area contributed by atoms with Crippen LogP contribution in [0, 0.1) is 5.95 Å². The number of nitrogen functional groups attached to an aromatic ring is 2. The van der Waals surface area contributed by atoms with Crippen molar-refractivity contribution >= 4 is 11.4 Å². The van der Waals surface area contributed by atoms with Gasteiger partial charge in [0.1, 0.15) is 0 Å². The lowest BCUT2D eigenvalue weighted by molar-refractivity contribution is 0.152. The van der Waals surface area contributed by atoms with Gasteiger partial charge in [-0.3, -0.25) is 0 Å². The highest BCUT2D eigenvalue weighted by Gasteiger charge is 2.18. The van der Waals surface area contributed by atoms with E-state index in [1.165, 1.54) is 0 Å². The molecule has 0 atom stereocenters. The Bertz CT molecular complexity index is 300. The number of hydrogen-bond acceptors (Lipinski definition) is 3. The third-order valence-corrected chi connectivity index (χ3v) is 1.36. The first-order valence-electron chi connectivity index (χ1n) is 3.01. The topological polar surface area (TPSA) is 64.9 Å². The lowest BCUT2D eigenvalue weighted by Gasteiger charge is -2.06. The minimum atomic E-state index is -2.89. The van der Waals surface area contributed by atoms with E-state index in [0.29, 0.717) is 0 Å². The van der Waals surface area contributed by atoms with Gasteiger partial charge in [0.15, 0.2) is 0 Å². The second-order valence-corrected chi connectivity index (χ2v) is 2.13. The second kappa shape index (κ2) is 2.88. The highest BCUT2D eigenvalue weighted by Crippen LogP contribution is 2.30. The summed E-state index contributed by atoms with van der Waals surface area (Å²) < 4.78 is 36.7. The van der Waals surface area contributed by atoms with Gasteiger partial charge in [-0.15, -0.1) is 0 Å². The van der Waals surface area contributed by atoms with Crippen LogP contribution in [0.4, 0.5) is 24.5 Å². The normalized spacial score (nSPS) is 10.7. The van der Waals surface area contributed by atoms with Crippen molar-refractivity contribution in [2.75, 3.05) is 11.5 Å². The number of alkyl halides is 2. The molecule has 1 aromatic rings. The maximum Gasteiger partial charge on any atom is 0.268 e. The minimum absolute atomic E-state index is 0.302. The van der Waals surface area contributed by atoms with Gasteiger partial charge >= 0.3 is 0 Å².